The minimum atomic E-state index is -0.473. The van der Waals surface area contributed by atoms with Gasteiger partial charge in [0, 0.05) is 12.1 Å². The maximum absolute atomic E-state index is 12.5. The molecule has 2 fully saturated rings. The lowest BCUT2D eigenvalue weighted by atomic mass is 9.67. The van der Waals surface area contributed by atoms with Crippen LogP contribution in [0, 0.1) is 11.8 Å². The highest BCUT2D eigenvalue weighted by Gasteiger charge is 2.40. The molecular weight excluding hydrogens is 312 g/mol. The van der Waals surface area contributed by atoms with Gasteiger partial charge in [0.1, 0.15) is 5.75 Å². The minimum absolute atomic E-state index is 0. The summed E-state index contributed by atoms with van der Waals surface area (Å²) >= 11 is 0. The number of carbonyl (C=O) groups is 1. The van der Waals surface area contributed by atoms with Gasteiger partial charge >= 0.3 is 0 Å². The van der Waals surface area contributed by atoms with Crippen LogP contribution >= 0.6 is 12.4 Å². The van der Waals surface area contributed by atoms with E-state index < -0.39 is 6.10 Å². The van der Waals surface area contributed by atoms with Crippen molar-refractivity contribution in [2.45, 2.75) is 57.2 Å². The summed E-state index contributed by atoms with van der Waals surface area (Å²) in [5.74, 6) is 1.79. The minimum Gasteiger partial charge on any atom is -0.481 e. The van der Waals surface area contributed by atoms with Crippen LogP contribution in [-0.4, -0.2) is 24.1 Å². The quantitative estimate of drug-likeness (QED) is 0.887. The molecule has 3 atom stereocenters. The van der Waals surface area contributed by atoms with Crippen LogP contribution in [0.25, 0.3) is 0 Å². The second kappa shape index (κ2) is 8.02. The maximum Gasteiger partial charge on any atom is 0.261 e. The smallest absolute Gasteiger partial charge is 0.261 e. The highest BCUT2D eigenvalue weighted by Crippen LogP contribution is 2.39. The molecule has 0 aromatic heterocycles. The Hall–Kier alpha value is -1.26. The van der Waals surface area contributed by atoms with Gasteiger partial charge in [-0.25, -0.2) is 0 Å². The Balaban J connectivity index is 0.00000192. The number of carbonyl (C=O) groups excluding carboxylic acids is 1. The maximum atomic E-state index is 12.5. The summed E-state index contributed by atoms with van der Waals surface area (Å²) in [5, 5.41) is 3.24. The van der Waals surface area contributed by atoms with E-state index in [-0.39, 0.29) is 24.4 Å². The van der Waals surface area contributed by atoms with Crippen LogP contribution in [0.4, 0.5) is 0 Å². The zero-order valence-corrected chi connectivity index (χ0v) is 14.4. The van der Waals surface area contributed by atoms with Gasteiger partial charge in [-0.2, -0.15) is 0 Å². The molecule has 0 aliphatic heterocycles. The number of benzene rings is 1. The summed E-state index contributed by atoms with van der Waals surface area (Å²) in [6.45, 7) is 1.81. The van der Waals surface area contributed by atoms with E-state index in [2.05, 4.69) is 5.32 Å². The Morgan fingerprint density at radius 3 is 2.43 bits per heavy atom. The third-order valence-electron chi connectivity index (χ3n) is 5.11. The normalized spacial score (nSPS) is 30.7. The summed E-state index contributed by atoms with van der Waals surface area (Å²) in [5.41, 5.74) is 6.14. The lowest BCUT2D eigenvalue weighted by Crippen LogP contribution is -2.55. The molecule has 2 aliphatic carbocycles. The van der Waals surface area contributed by atoms with Crippen LogP contribution in [0.3, 0.4) is 0 Å². The molecular formula is C18H27ClN2O2. The standard InChI is InChI=1S/C18H26N2O2.ClH/c1-12(22-16-8-3-2-4-9-16)18(21)20-17-13-6-5-7-14(17)11-15(19)10-13;/h2-4,8-9,12-15,17H,5-7,10-11,19H2,1H3,(H,20,21);1H. The van der Waals surface area contributed by atoms with E-state index in [4.69, 9.17) is 10.5 Å². The lowest BCUT2D eigenvalue weighted by molar-refractivity contribution is -0.129. The molecule has 1 aromatic rings. The van der Waals surface area contributed by atoms with Crippen molar-refractivity contribution < 1.29 is 9.53 Å². The first-order chi connectivity index (χ1) is 10.6. The first-order valence-corrected chi connectivity index (χ1v) is 8.41. The molecule has 1 aromatic carbocycles. The summed E-state index contributed by atoms with van der Waals surface area (Å²) in [4.78, 5) is 12.5. The van der Waals surface area contributed by atoms with Crippen LogP contribution in [0.15, 0.2) is 30.3 Å². The van der Waals surface area contributed by atoms with E-state index in [1.165, 1.54) is 19.3 Å². The third-order valence-corrected chi connectivity index (χ3v) is 5.11. The number of hydrogen-bond donors (Lipinski definition) is 2. The van der Waals surface area contributed by atoms with Crippen molar-refractivity contribution in [3.05, 3.63) is 30.3 Å². The lowest BCUT2D eigenvalue weighted by Gasteiger charge is -2.45. The zero-order valence-electron chi connectivity index (χ0n) is 13.6. The summed E-state index contributed by atoms with van der Waals surface area (Å²) in [6, 6.07) is 10.1. The highest BCUT2D eigenvalue weighted by atomic mass is 35.5. The Morgan fingerprint density at radius 1 is 1.22 bits per heavy atom. The van der Waals surface area contributed by atoms with E-state index >= 15 is 0 Å². The Kier molecular flexibility index (Phi) is 6.31. The topological polar surface area (TPSA) is 64.3 Å². The van der Waals surface area contributed by atoms with E-state index in [9.17, 15) is 4.79 Å². The first kappa shape index (κ1) is 18.1. The molecule has 3 N–H and O–H groups in total. The van der Waals surface area contributed by atoms with Crippen molar-refractivity contribution in [1.29, 1.82) is 0 Å². The molecule has 0 heterocycles. The van der Waals surface area contributed by atoms with Gasteiger partial charge in [0.25, 0.3) is 5.91 Å². The number of hydrogen-bond acceptors (Lipinski definition) is 3. The van der Waals surface area contributed by atoms with Crippen LogP contribution < -0.4 is 15.8 Å². The Bertz CT molecular complexity index is 497. The summed E-state index contributed by atoms with van der Waals surface area (Å²) in [6.07, 6.45) is 5.24. The summed E-state index contributed by atoms with van der Waals surface area (Å²) in [7, 11) is 0. The van der Waals surface area contributed by atoms with Gasteiger partial charge in [0.05, 0.1) is 0 Å². The number of ether oxygens (including phenoxy) is 1. The number of fused-ring (bicyclic) bond motifs is 2. The van der Waals surface area contributed by atoms with Crippen LogP contribution in [-0.2, 0) is 4.79 Å². The fourth-order valence-corrected chi connectivity index (χ4v) is 4.06. The zero-order chi connectivity index (χ0) is 15.5. The molecule has 1 amide bonds. The highest BCUT2D eigenvalue weighted by molar-refractivity contribution is 5.85. The molecule has 0 radical (unpaired) electrons. The van der Waals surface area contributed by atoms with Gasteiger partial charge in [-0.05, 0) is 56.6 Å². The largest absolute Gasteiger partial charge is 0.481 e. The number of nitrogens with two attached hydrogens (primary N) is 1. The van der Waals surface area contributed by atoms with Crippen molar-refractivity contribution in [2.24, 2.45) is 17.6 Å². The van der Waals surface area contributed by atoms with Gasteiger partial charge < -0.3 is 15.8 Å². The molecule has 3 rings (SSSR count). The average Bonchev–Trinajstić information content (AvgIpc) is 2.49. The second-order valence-electron chi connectivity index (χ2n) is 6.79. The number of amides is 1. The van der Waals surface area contributed by atoms with E-state index in [1.807, 2.05) is 37.3 Å². The number of halogens is 1. The molecule has 0 spiro atoms. The molecule has 2 bridgehead atoms. The molecule has 23 heavy (non-hydrogen) atoms. The van der Waals surface area contributed by atoms with Crippen LogP contribution in [0.2, 0.25) is 0 Å². The van der Waals surface area contributed by atoms with Crippen molar-refractivity contribution in [3.63, 3.8) is 0 Å². The van der Waals surface area contributed by atoms with Crippen LogP contribution in [0.5, 0.6) is 5.75 Å². The van der Waals surface area contributed by atoms with Gasteiger partial charge in [0.15, 0.2) is 6.10 Å². The Labute approximate surface area is 144 Å². The molecule has 4 nitrogen and oxygen atoms in total. The van der Waals surface area contributed by atoms with Crippen molar-refractivity contribution in [3.8, 4) is 5.75 Å². The predicted octanol–water partition coefficient (Wildman–Crippen LogP) is 2.90. The molecule has 2 aliphatic rings. The molecule has 3 unspecified atom stereocenters. The molecule has 5 heteroatoms. The van der Waals surface area contributed by atoms with Gasteiger partial charge in [-0.1, -0.05) is 24.6 Å². The van der Waals surface area contributed by atoms with E-state index in [0.29, 0.717) is 17.9 Å². The van der Waals surface area contributed by atoms with Gasteiger partial charge in [-0.15, -0.1) is 12.4 Å². The van der Waals surface area contributed by atoms with Crippen molar-refractivity contribution >= 4 is 18.3 Å². The van der Waals surface area contributed by atoms with E-state index in [1.54, 1.807) is 0 Å². The average molecular weight is 339 g/mol. The third kappa shape index (κ3) is 4.39. The van der Waals surface area contributed by atoms with Gasteiger partial charge in [0.2, 0.25) is 0 Å². The molecule has 0 saturated heterocycles. The number of rotatable bonds is 4. The van der Waals surface area contributed by atoms with Crippen molar-refractivity contribution in [2.75, 3.05) is 0 Å². The van der Waals surface area contributed by atoms with Crippen molar-refractivity contribution in [1.82, 2.24) is 5.32 Å². The fourth-order valence-electron chi connectivity index (χ4n) is 4.06. The predicted molar refractivity (Wildman–Crippen MR) is 93.8 cm³/mol. The monoisotopic (exact) mass is 338 g/mol. The van der Waals surface area contributed by atoms with E-state index in [0.717, 1.165) is 18.6 Å². The first-order valence-electron chi connectivity index (χ1n) is 8.41. The molecule has 128 valence electrons. The number of nitrogens with one attached hydrogen (secondary N) is 1. The Morgan fingerprint density at radius 2 is 1.83 bits per heavy atom. The second-order valence-corrected chi connectivity index (χ2v) is 6.79. The molecule has 2 saturated carbocycles. The SMILES string of the molecule is CC(Oc1ccccc1)C(=O)NC1C2CCCC1CC(N)C2.Cl. The van der Waals surface area contributed by atoms with Gasteiger partial charge in [-0.3, -0.25) is 4.79 Å². The fraction of sp³-hybridized carbons (Fsp3) is 0.611. The van der Waals surface area contributed by atoms with Crippen LogP contribution in [0.1, 0.15) is 39.0 Å². The number of para-hydroxylation sites is 1. The summed E-state index contributed by atoms with van der Waals surface area (Å²) < 4.78 is 5.72.